The molecule has 0 spiro atoms. The standard InChI is InChI=1S/C19H16Cl2N2O4S/c1-25-13-7-10(8-14(26-2)17(13)27-3)9-15-18(24)23-19(28-15)22-12-6-4-5-11(20)16(12)21/h4-9H,1-3H3,(H,22,23,24)/b15-9+. The summed E-state index contributed by atoms with van der Waals surface area (Å²) in [5.41, 5.74) is 1.19. The smallest absolute Gasteiger partial charge is 0.264 e. The summed E-state index contributed by atoms with van der Waals surface area (Å²) in [7, 11) is 4.60. The van der Waals surface area contributed by atoms with Crippen LogP contribution in [0, 0.1) is 0 Å². The molecule has 1 heterocycles. The molecule has 146 valence electrons. The van der Waals surface area contributed by atoms with E-state index in [4.69, 9.17) is 37.4 Å². The molecule has 28 heavy (non-hydrogen) atoms. The van der Waals surface area contributed by atoms with E-state index in [-0.39, 0.29) is 5.91 Å². The fraction of sp³-hybridized carbons (Fsp3) is 0.158. The highest BCUT2D eigenvalue weighted by Crippen LogP contribution is 2.40. The van der Waals surface area contributed by atoms with Gasteiger partial charge in [0.15, 0.2) is 16.7 Å². The number of carbonyl (C=O) groups excluding carboxylic acids is 1. The molecule has 0 atom stereocenters. The molecule has 3 rings (SSSR count). The van der Waals surface area contributed by atoms with E-state index >= 15 is 0 Å². The van der Waals surface area contributed by atoms with Gasteiger partial charge >= 0.3 is 0 Å². The van der Waals surface area contributed by atoms with Gasteiger partial charge in [0.1, 0.15) is 0 Å². The second-order valence-corrected chi connectivity index (χ2v) is 7.33. The summed E-state index contributed by atoms with van der Waals surface area (Å²) < 4.78 is 16.0. The number of hydrogen-bond acceptors (Lipinski definition) is 6. The number of thioether (sulfide) groups is 1. The van der Waals surface area contributed by atoms with Crippen molar-refractivity contribution < 1.29 is 19.0 Å². The lowest BCUT2D eigenvalue weighted by Gasteiger charge is -2.12. The third-order valence-corrected chi connectivity index (χ3v) is 5.51. The van der Waals surface area contributed by atoms with Crippen molar-refractivity contribution in [3.05, 3.63) is 50.8 Å². The summed E-state index contributed by atoms with van der Waals surface area (Å²) in [6.45, 7) is 0. The fourth-order valence-corrected chi connectivity index (χ4v) is 3.68. The zero-order chi connectivity index (χ0) is 20.3. The van der Waals surface area contributed by atoms with Crippen molar-refractivity contribution in [2.24, 2.45) is 4.99 Å². The van der Waals surface area contributed by atoms with Crippen molar-refractivity contribution in [1.82, 2.24) is 5.32 Å². The van der Waals surface area contributed by atoms with Gasteiger partial charge in [-0.2, -0.15) is 0 Å². The van der Waals surface area contributed by atoms with E-state index in [9.17, 15) is 4.79 Å². The first-order chi connectivity index (χ1) is 13.5. The van der Waals surface area contributed by atoms with Crippen LogP contribution in [-0.2, 0) is 4.79 Å². The summed E-state index contributed by atoms with van der Waals surface area (Å²) in [5.74, 6) is 1.21. The van der Waals surface area contributed by atoms with Crippen LogP contribution in [0.1, 0.15) is 5.56 Å². The maximum absolute atomic E-state index is 12.3. The van der Waals surface area contributed by atoms with Gasteiger partial charge in [-0.1, -0.05) is 29.3 Å². The van der Waals surface area contributed by atoms with Gasteiger partial charge in [-0.25, -0.2) is 4.99 Å². The highest BCUT2D eigenvalue weighted by atomic mass is 35.5. The van der Waals surface area contributed by atoms with Gasteiger partial charge in [-0.3, -0.25) is 4.79 Å². The molecular formula is C19H16Cl2N2O4S. The lowest BCUT2D eigenvalue weighted by Crippen LogP contribution is -2.19. The first kappa shape index (κ1) is 20.4. The minimum Gasteiger partial charge on any atom is -0.493 e. The summed E-state index contributed by atoms with van der Waals surface area (Å²) in [6, 6.07) is 8.64. The van der Waals surface area contributed by atoms with Gasteiger partial charge in [0.2, 0.25) is 5.75 Å². The van der Waals surface area contributed by atoms with Crippen LogP contribution in [0.25, 0.3) is 6.08 Å². The van der Waals surface area contributed by atoms with Crippen LogP contribution in [0.15, 0.2) is 40.2 Å². The molecule has 0 saturated carbocycles. The van der Waals surface area contributed by atoms with Crippen molar-refractivity contribution in [3.8, 4) is 17.2 Å². The zero-order valence-electron chi connectivity index (χ0n) is 15.2. The SMILES string of the molecule is COc1cc(/C=C2/SC(=Nc3cccc(Cl)c3Cl)NC2=O)cc(OC)c1OC. The molecule has 1 saturated heterocycles. The summed E-state index contributed by atoms with van der Waals surface area (Å²) in [5, 5.41) is 3.85. The van der Waals surface area contributed by atoms with Crippen LogP contribution in [-0.4, -0.2) is 32.4 Å². The number of carbonyl (C=O) groups is 1. The molecule has 0 bridgehead atoms. The number of halogens is 2. The van der Waals surface area contributed by atoms with Crippen molar-refractivity contribution in [3.63, 3.8) is 0 Å². The first-order valence-corrected chi connectivity index (χ1v) is 9.57. The Hall–Kier alpha value is -2.35. The number of nitrogens with zero attached hydrogens (tertiary/aromatic N) is 1. The molecule has 1 fully saturated rings. The Balaban J connectivity index is 1.93. The first-order valence-electron chi connectivity index (χ1n) is 8.00. The van der Waals surface area contributed by atoms with Crippen molar-refractivity contribution >= 4 is 57.8 Å². The molecule has 1 aliphatic rings. The summed E-state index contributed by atoms with van der Waals surface area (Å²) in [6.07, 6.45) is 1.71. The molecule has 0 radical (unpaired) electrons. The quantitative estimate of drug-likeness (QED) is 0.671. The van der Waals surface area contributed by atoms with Gasteiger partial charge in [0, 0.05) is 0 Å². The van der Waals surface area contributed by atoms with E-state index in [0.717, 1.165) is 0 Å². The van der Waals surface area contributed by atoms with E-state index in [1.807, 2.05) is 0 Å². The number of aliphatic imine (C=N–C) groups is 1. The average Bonchev–Trinajstić information content (AvgIpc) is 3.03. The van der Waals surface area contributed by atoms with E-state index in [0.29, 0.717) is 48.6 Å². The number of benzene rings is 2. The Morgan fingerprint density at radius 1 is 1.07 bits per heavy atom. The maximum Gasteiger partial charge on any atom is 0.264 e. The molecule has 1 amide bonds. The number of ether oxygens (including phenoxy) is 3. The fourth-order valence-electron chi connectivity index (χ4n) is 2.50. The molecule has 0 aliphatic carbocycles. The van der Waals surface area contributed by atoms with E-state index < -0.39 is 0 Å². The minimum absolute atomic E-state index is 0.268. The lowest BCUT2D eigenvalue weighted by atomic mass is 10.1. The number of amides is 1. The number of methoxy groups -OCH3 is 3. The Labute approximate surface area is 176 Å². The van der Waals surface area contributed by atoms with Crippen molar-refractivity contribution in [2.75, 3.05) is 21.3 Å². The van der Waals surface area contributed by atoms with Crippen LogP contribution in [0.4, 0.5) is 5.69 Å². The molecule has 2 aromatic rings. The van der Waals surface area contributed by atoms with Gasteiger partial charge in [0.05, 0.1) is 42.0 Å². The second-order valence-electron chi connectivity index (χ2n) is 5.51. The molecule has 1 N–H and O–H groups in total. The van der Waals surface area contributed by atoms with Gasteiger partial charge in [-0.05, 0) is 47.7 Å². The largest absolute Gasteiger partial charge is 0.493 e. The molecule has 1 aliphatic heterocycles. The topological polar surface area (TPSA) is 69.2 Å². The predicted molar refractivity (Wildman–Crippen MR) is 113 cm³/mol. The number of hydrogen-bond donors (Lipinski definition) is 1. The van der Waals surface area contributed by atoms with Gasteiger partial charge < -0.3 is 19.5 Å². The van der Waals surface area contributed by atoms with Crippen LogP contribution in [0.3, 0.4) is 0 Å². The maximum atomic E-state index is 12.3. The Morgan fingerprint density at radius 2 is 1.75 bits per heavy atom. The van der Waals surface area contributed by atoms with Crippen LogP contribution < -0.4 is 19.5 Å². The average molecular weight is 439 g/mol. The molecule has 6 nitrogen and oxygen atoms in total. The summed E-state index contributed by atoms with van der Waals surface area (Å²) >= 11 is 13.4. The van der Waals surface area contributed by atoms with Crippen LogP contribution in [0.2, 0.25) is 10.0 Å². The van der Waals surface area contributed by atoms with E-state index in [1.165, 1.54) is 33.1 Å². The molecule has 9 heteroatoms. The van der Waals surface area contributed by atoms with Crippen molar-refractivity contribution in [2.45, 2.75) is 0 Å². The van der Waals surface area contributed by atoms with Crippen LogP contribution >= 0.6 is 35.0 Å². The van der Waals surface area contributed by atoms with Crippen LogP contribution in [0.5, 0.6) is 17.2 Å². The Morgan fingerprint density at radius 3 is 2.36 bits per heavy atom. The molecule has 2 aromatic carbocycles. The number of nitrogens with one attached hydrogen (secondary N) is 1. The molecular weight excluding hydrogens is 423 g/mol. The van der Waals surface area contributed by atoms with E-state index in [2.05, 4.69) is 10.3 Å². The third-order valence-electron chi connectivity index (χ3n) is 3.79. The normalized spacial score (nSPS) is 16.4. The Bertz CT molecular complexity index is 967. The monoisotopic (exact) mass is 438 g/mol. The lowest BCUT2D eigenvalue weighted by molar-refractivity contribution is -0.115. The Kier molecular flexibility index (Phi) is 6.39. The molecule has 0 aromatic heterocycles. The second kappa shape index (κ2) is 8.77. The minimum atomic E-state index is -0.268. The highest BCUT2D eigenvalue weighted by Gasteiger charge is 2.25. The third kappa shape index (κ3) is 4.22. The predicted octanol–water partition coefficient (Wildman–Crippen LogP) is 4.91. The van der Waals surface area contributed by atoms with Crippen molar-refractivity contribution in [1.29, 1.82) is 0 Å². The molecule has 0 unspecified atom stereocenters. The zero-order valence-corrected chi connectivity index (χ0v) is 17.5. The number of amidine groups is 1. The highest BCUT2D eigenvalue weighted by molar-refractivity contribution is 8.18. The number of rotatable bonds is 5. The van der Waals surface area contributed by atoms with Gasteiger partial charge in [0.25, 0.3) is 5.91 Å². The summed E-state index contributed by atoms with van der Waals surface area (Å²) in [4.78, 5) is 17.2. The van der Waals surface area contributed by atoms with E-state index in [1.54, 1.807) is 36.4 Å². The van der Waals surface area contributed by atoms with Gasteiger partial charge in [-0.15, -0.1) is 0 Å².